The molecular weight excluding hydrogens is 539 g/mol. The molecule has 0 bridgehead atoms. The molecule has 0 atom stereocenters. The lowest BCUT2D eigenvalue weighted by molar-refractivity contribution is 0.102. The Hall–Kier alpha value is -3.72. The van der Waals surface area contributed by atoms with E-state index in [2.05, 4.69) is 25.6 Å². The second-order valence-corrected chi connectivity index (χ2v) is 10.3. The van der Waals surface area contributed by atoms with Gasteiger partial charge in [0.2, 0.25) is 0 Å². The van der Waals surface area contributed by atoms with E-state index >= 15 is 0 Å². The third-order valence-electron chi connectivity index (χ3n) is 5.63. The van der Waals surface area contributed by atoms with Crippen LogP contribution in [0.2, 0.25) is 10.0 Å². The van der Waals surface area contributed by atoms with Crippen molar-refractivity contribution in [2.24, 2.45) is 0 Å². The zero-order valence-electron chi connectivity index (χ0n) is 20.5. The van der Waals surface area contributed by atoms with E-state index in [1.165, 1.54) is 11.8 Å². The highest BCUT2D eigenvalue weighted by Crippen LogP contribution is 2.30. The van der Waals surface area contributed by atoms with E-state index in [1.807, 2.05) is 74.5 Å². The van der Waals surface area contributed by atoms with Gasteiger partial charge in [0.25, 0.3) is 5.91 Å². The number of nitrogens with zero attached hydrogens (tertiary/aromatic N) is 5. The molecule has 0 saturated heterocycles. The SMILES string of the molecule is Cc1cc(C)nc(SCc2c(C(=O)Nc3ccccc3-c3ccccc3)nnn2-c2cc(Cl)cc(Cl)c2)n1. The molecule has 0 aliphatic rings. The van der Waals surface area contributed by atoms with Gasteiger partial charge < -0.3 is 5.32 Å². The normalized spacial score (nSPS) is 10.9. The first-order chi connectivity index (χ1) is 18.4. The number of hydrogen-bond acceptors (Lipinski definition) is 6. The summed E-state index contributed by atoms with van der Waals surface area (Å²) >= 11 is 13.9. The largest absolute Gasteiger partial charge is 0.320 e. The minimum atomic E-state index is -0.385. The van der Waals surface area contributed by atoms with Crippen molar-refractivity contribution in [3.63, 3.8) is 0 Å². The topological polar surface area (TPSA) is 85.6 Å². The summed E-state index contributed by atoms with van der Waals surface area (Å²) in [7, 11) is 0. The lowest BCUT2D eigenvalue weighted by atomic mass is 10.0. The number of carbonyl (C=O) groups excluding carboxylic acids is 1. The van der Waals surface area contributed by atoms with Crippen molar-refractivity contribution in [3.05, 3.63) is 112 Å². The Kier molecular flexibility index (Phi) is 7.74. The number of benzene rings is 3. The molecule has 3 aromatic carbocycles. The van der Waals surface area contributed by atoms with Gasteiger partial charge in [-0.1, -0.05) is 88.7 Å². The summed E-state index contributed by atoms with van der Waals surface area (Å²) in [6.45, 7) is 3.84. The first kappa shape index (κ1) is 25.9. The summed E-state index contributed by atoms with van der Waals surface area (Å²) in [4.78, 5) is 22.6. The summed E-state index contributed by atoms with van der Waals surface area (Å²) in [6.07, 6.45) is 0. The van der Waals surface area contributed by atoms with E-state index in [4.69, 9.17) is 23.2 Å². The third kappa shape index (κ3) is 5.88. The molecule has 190 valence electrons. The maximum atomic E-state index is 13.6. The molecule has 0 spiro atoms. The van der Waals surface area contributed by atoms with Crippen molar-refractivity contribution in [3.8, 4) is 16.8 Å². The van der Waals surface area contributed by atoms with E-state index < -0.39 is 0 Å². The van der Waals surface area contributed by atoms with Gasteiger partial charge in [-0.15, -0.1) is 5.10 Å². The quantitative estimate of drug-likeness (QED) is 0.167. The first-order valence-corrected chi connectivity index (χ1v) is 13.4. The number of nitrogens with one attached hydrogen (secondary N) is 1. The van der Waals surface area contributed by atoms with E-state index in [9.17, 15) is 4.79 Å². The number of carbonyl (C=O) groups is 1. The van der Waals surface area contributed by atoms with Gasteiger partial charge in [0.15, 0.2) is 10.9 Å². The predicted molar refractivity (Wildman–Crippen MR) is 152 cm³/mol. The van der Waals surface area contributed by atoms with Crippen molar-refractivity contribution in [2.45, 2.75) is 24.8 Å². The summed E-state index contributed by atoms with van der Waals surface area (Å²) in [5.41, 5.74) is 5.62. The molecule has 38 heavy (non-hydrogen) atoms. The van der Waals surface area contributed by atoms with Crippen molar-refractivity contribution in [1.29, 1.82) is 0 Å². The monoisotopic (exact) mass is 560 g/mol. The summed E-state index contributed by atoms with van der Waals surface area (Å²) < 4.78 is 1.57. The summed E-state index contributed by atoms with van der Waals surface area (Å²) in [5, 5.41) is 13.1. The molecule has 0 fully saturated rings. The van der Waals surface area contributed by atoms with Crippen LogP contribution in [0.3, 0.4) is 0 Å². The number of anilines is 1. The van der Waals surface area contributed by atoms with Gasteiger partial charge in [0.05, 0.1) is 11.4 Å². The highest BCUT2D eigenvalue weighted by atomic mass is 35.5. The second kappa shape index (κ2) is 11.3. The van der Waals surface area contributed by atoms with E-state index in [0.29, 0.717) is 38.0 Å². The molecule has 10 heteroatoms. The van der Waals surface area contributed by atoms with Gasteiger partial charge in [-0.3, -0.25) is 4.79 Å². The van der Waals surface area contributed by atoms with Crippen molar-refractivity contribution >= 4 is 46.6 Å². The first-order valence-electron chi connectivity index (χ1n) is 11.7. The molecular formula is C28H22Cl2N6OS. The number of thioether (sulfide) groups is 1. The van der Waals surface area contributed by atoms with Gasteiger partial charge in [-0.25, -0.2) is 14.6 Å². The fraction of sp³-hybridized carbons (Fsp3) is 0.107. The molecule has 2 heterocycles. The number of hydrogen-bond donors (Lipinski definition) is 1. The van der Waals surface area contributed by atoms with Crippen LogP contribution >= 0.6 is 35.0 Å². The Bertz CT molecular complexity index is 1580. The van der Waals surface area contributed by atoms with Crippen LogP contribution in [0.4, 0.5) is 5.69 Å². The molecule has 1 amide bonds. The fourth-order valence-electron chi connectivity index (χ4n) is 4.01. The van der Waals surface area contributed by atoms with Gasteiger partial charge in [0.1, 0.15) is 0 Å². The molecule has 5 rings (SSSR count). The molecule has 2 aromatic heterocycles. The molecule has 0 unspecified atom stereocenters. The van der Waals surface area contributed by atoms with E-state index in [0.717, 1.165) is 22.5 Å². The zero-order chi connectivity index (χ0) is 26.6. The summed E-state index contributed by atoms with van der Waals surface area (Å²) in [6, 6.07) is 24.5. The zero-order valence-corrected chi connectivity index (χ0v) is 22.8. The number of aromatic nitrogens is 5. The Morgan fingerprint density at radius 2 is 1.55 bits per heavy atom. The van der Waals surface area contributed by atoms with Gasteiger partial charge in [0, 0.05) is 38.4 Å². The van der Waals surface area contributed by atoms with Crippen LogP contribution in [0.1, 0.15) is 27.6 Å². The third-order valence-corrected chi connectivity index (χ3v) is 6.92. The van der Waals surface area contributed by atoms with Crippen molar-refractivity contribution < 1.29 is 4.79 Å². The summed E-state index contributed by atoms with van der Waals surface area (Å²) in [5.74, 6) is -0.0481. The Balaban J connectivity index is 1.52. The van der Waals surface area contributed by atoms with Crippen LogP contribution in [-0.4, -0.2) is 30.9 Å². The van der Waals surface area contributed by atoms with Crippen LogP contribution in [-0.2, 0) is 5.75 Å². The lowest BCUT2D eigenvalue weighted by Crippen LogP contribution is -2.16. The average Bonchev–Trinajstić information content (AvgIpc) is 3.31. The maximum absolute atomic E-state index is 13.6. The van der Waals surface area contributed by atoms with E-state index in [1.54, 1.807) is 22.9 Å². The number of amides is 1. The predicted octanol–water partition coefficient (Wildman–Crippen LogP) is 7.19. The van der Waals surface area contributed by atoms with Gasteiger partial charge in [-0.2, -0.15) is 0 Å². The lowest BCUT2D eigenvalue weighted by Gasteiger charge is -2.12. The number of aryl methyl sites for hydroxylation is 2. The standard InChI is InChI=1S/C28H22Cl2N6OS/c1-17-12-18(2)32-28(31-17)38-16-25-26(34-35-36(25)22-14-20(29)13-21(30)15-22)27(37)33-24-11-7-6-10-23(24)19-8-4-3-5-9-19/h3-15H,16H2,1-2H3,(H,33,37). The number of halogens is 2. The molecule has 1 N–H and O–H groups in total. The van der Waals surface area contributed by atoms with Crippen LogP contribution < -0.4 is 5.32 Å². The molecule has 0 aliphatic heterocycles. The highest BCUT2D eigenvalue weighted by molar-refractivity contribution is 7.98. The molecule has 7 nitrogen and oxygen atoms in total. The molecule has 0 saturated carbocycles. The minimum Gasteiger partial charge on any atom is -0.320 e. The Labute approximate surface area is 234 Å². The highest BCUT2D eigenvalue weighted by Gasteiger charge is 2.23. The minimum absolute atomic E-state index is 0.181. The van der Waals surface area contributed by atoms with Crippen molar-refractivity contribution in [2.75, 3.05) is 5.32 Å². The number of rotatable bonds is 7. The van der Waals surface area contributed by atoms with Crippen LogP contribution in [0.25, 0.3) is 16.8 Å². The smallest absolute Gasteiger partial charge is 0.278 e. The Morgan fingerprint density at radius 1 is 0.895 bits per heavy atom. The fourth-order valence-corrected chi connectivity index (χ4v) is 5.47. The molecule has 5 aromatic rings. The Morgan fingerprint density at radius 3 is 2.26 bits per heavy atom. The average molecular weight is 561 g/mol. The van der Waals surface area contributed by atoms with Crippen LogP contribution in [0.5, 0.6) is 0 Å². The number of para-hydroxylation sites is 1. The molecule has 0 radical (unpaired) electrons. The van der Waals surface area contributed by atoms with Gasteiger partial charge >= 0.3 is 0 Å². The van der Waals surface area contributed by atoms with Crippen molar-refractivity contribution in [1.82, 2.24) is 25.0 Å². The van der Waals surface area contributed by atoms with Crippen LogP contribution in [0, 0.1) is 13.8 Å². The van der Waals surface area contributed by atoms with Crippen LogP contribution in [0.15, 0.2) is 84.0 Å². The second-order valence-electron chi connectivity index (χ2n) is 8.51. The van der Waals surface area contributed by atoms with E-state index in [-0.39, 0.29) is 11.6 Å². The molecule has 0 aliphatic carbocycles. The maximum Gasteiger partial charge on any atom is 0.278 e. The van der Waals surface area contributed by atoms with Gasteiger partial charge in [-0.05, 0) is 49.7 Å².